The number of aliphatic carboxylic acids is 2. The summed E-state index contributed by atoms with van der Waals surface area (Å²) in [5, 5.41) is 28.2. The van der Waals surface area contributed by atoms with E-state index in [9.17, 15) is 29.4 Å². The van der Waals surface area contributed by atoms with Gasteiger partial charge in [0.25, 0.3) is 0 Å². The largest absolute Gasteiger partial charge is 0.481 e. The Hall–Kier alpha value is -1.96. The first-order valence-corrected chi connectivity index (χ1v) is 16.1. The fraction of sp³-hybridized carbons (Fsp3) is 0.875. The van der Waals surface area contributed by atoms with Gasteiger partial charge in [-0.25, -0.2) is 4.79 Å². The fourth-order valence-corrected chi connectivity index (χ4v) is 4.95. The monoisotopic (exact) mass is 570 g/mol. The third-order valence-corrected chi connectivity index (χ3v) is 7.51. The van der Waals surface area contributed by atoms with Gasteiger partial charge in [-0.2, -0.15) is 0 Å². The van der Waals surface area contributed by atoms with Gasteiger partial charge in [0.15, 0.2) is 17.5 Å². The highest BCUT2D eigenvalue weighted by atomic mass is 16.5. The molecule has 3 N–H and O–H groups in total. The van der Waals surface area contributed by atoms with Crippen LogP contribution in [0, 0.1) is 0 Å². The lowest BCUT2D eigenvalue weighted by molar-refractivity contribution is -0.174. The number of Topliss-reactive ketones (excluding diaryl/α,β-unsaturated/α-hetero) is 1. The Bertz CT molecular complexity index is 692. The Morgan fingerprint density at radius 3 is 1.40 bits per heavy atom. The number of rotatable bonds is 29. The summed E-state index contributed by atoms with van der Waals surface area (Å²) in [6.07, 6.45) is 21.1. The van der Waals surface area contributed by atoms with Crippen LogP contribution in [-0.2, 0) is 23.9 Å². The van der Waals surface area contributed by atoms with E-state index in [0.29, 0.717) is 19.3 Å². The van der Waals surface area contributed by atoms with E-state index in [0.717, 1.165) is 32.1 Å². The number of ether oxygens (including phenoxy) is 1. The van der Waals surface area contributed by atoms with Gasteiger partial charge in [-0.05, 0) is 19.3 Å². The van der Waals surface area contributed by atoms with Crippen LogP contribution in [-0.4, -0.2) is 50.7 Å². The van der Waals surface area contributed by atoms with E-state index < -0.39 is 42.5 Å². The van der Waals surface area contributed by atoms with Crippen molar-refractivity contribution >= 4 is 23.7 Å². The number of hydrogen-bond acceptors (Lipinski definition) is 6. The molecule has 0 heterocycles. The molecule has 2 atom stereocenters. The molecule has 0 saturated heterocycles. The zero-order chi connectivity index (χ0) is 30.1. The van der Waals surface area contributed by atoms with Crippen molar-refractivity contribution in [2.45, 2.75) is 180 Å². The molecule has 0 aliphatic heterocycles. The summed E-state index contributed by atoms with van der Waals surface area (Å²) in [6, 6.07) is 0. The third kappa shape index (κ3) is 20.9. The number of hydrogen-bond donors (Lipinski definition) is 3. The maximum absolute atomic E-state index is 12.7. The van der Waals surface area contributed by atoms with Crippen molar-refractivity contribution in [3.63, 3.8) is 0 Å². The smallest absolute Gasteiger partial charge is 0.336 e. The molecule has 0 bridgehead atoms. The maximum atomic E-state index is 12.7. The molecule has 2 unspecified atom stereocenters. The minimum absolute atomic E-state index is 0.213. The Labute approximate surface area is 242 Å². The van der Waals surface area contributed by atoms with E-state index >= 15 is 0 Å². The van der Waals surface area contributed by atoms with Crippen LogP contribution in [0.15, 0.2) is 0 Å². The number of carbonyl (C=O) groups excluding carboxylic acids is 2. The summed E-state index contributed by atoms with van der Waals surface area (Å²) in [5.41, 5.74) is -2.77. The normalized spacial score (nSPS) is 13.5. The predicted octanol–water partition coefficient (Wildman–Crippen LogP) is 7.77. The summed E-state index contributed by atoms with van der Waals surface area (Å²) in [5.74, 6) is -4.65. The Morgan fingerprint density at radius 1 is 0.600 bits per heavy atom. The molecule has 0 aliphatic rings. The second-order valence-electron chi connectivity index (χ2n) is 11.4. The first-order valence-electron chi connectivity index (χ1n) is 16.1. The average molecular weight is 571 g/mol. The van der Waals surface area contributed by atoms with Crippen LogP contribution in [0.4, 0.5) is 0 Å². The molecular formula is C32H58O8. The lowest BCUT2D eigenvalue weighted by Gasteiger charge is -2.22. The second-order valence-corrected chi connectivity index (χ2v) is 11.4. The second kappa shape index (κ2) is 24.8. The third-order valence-electron chi connectivity index (χ3n) is 7.51. The van der Waals surface area contributed by atoms with Crippen LogP contribution in [0.5, 0.6) is 0 Å². The molecule has 0 aliphatic carbocycles. The molecule has 0 rings (SSSR count). The molecular weight excluding hydrogens is 512 g/mol. The van der Waals surface area contributed by atoms with Crippen LogP contribution in [0.3, 0.4) is 0 Å². The van der Waals surface area contributed by atoms with Gasteiger partial charge in [0, 0.05) is 6.42 Å². The van der Waals surface area contributed by atoms with Gasteiger partial charge in [0.05, 0.1) is 12.8 Å². The molecule has 0 aromatic rings. The summed E-state index contributed by atoms with van der Waals surface area (Å²) in [7, 11) is 0. The van der Waals surface area contributed by atoms with E-state index in [1.54, 1.807) is 0 Å². The molecule has 0 spiro atoms. The Balaban J connectivity index is 4.23. The number of carbonyl (C=O) groups is 4. The van der Waals surface area contributed by atoms with Crippen molar-refractivity contribution in [3.05, 3.63) is 0 Å². The number of carboxylic acids is 2. The lowest BCUT2D eigenvalue weighted by atomic mass is 9.95. The molecule has 0 radical (unpaired) electrons. The summed E-state index contributed by atoms with van der Waals surface area (Å²) in [6.45, 7) is 4.27. The van der Waals surface area contributed by atoms with Crippen LogP contribution >= 0.6 is 0 Å². The predicted molar refractivity (Wildman–Crippen MR) is 157 cm³/mol. The minimum atomic E-state index is -2.77. The number of unbranched alkanes of at least 4 members (excludes halogenated alkanes) is 18. The fourth-order valence-electron chi connectivity index (χ4n) is 4.95. The summed E-state index contributed by atoms with van der Waals surface area (Å²) >= 11 is 0. The van der Waals surface area contributed by atoms with Crippen molar-refractivity contribution in [2.24, 2.45) is 0 Å². The first-order chi connectivity index (χ1) is 19.2. The molecule has 0 saturated carbocycles. The maximum Gasteiger partial charge on any atom is 0.336 e. The van der Waals surface area contributed by atoms with E-state index in [-0.39, 0.29) is 12.2 Å². The van der Waals surface area contributed by atoms with Crippen molar-refractivity contribution in [1.29, 1.82) is 0 Å². The highest BCUT2D eigenvalue weighted by Gasteiger charge is 2.42. The molecule has 234 valence electrons. The van der Waals surface area contributed by atoms with Crippen molar-refractivity contribution in [2.75, 3.05) is 0 Å². The van der Waals surface area contributed by atoms with Crippen LogP contribution in [0.25, 0.3) is 0 Å². The van der Waals surface area contributed by atoms with E-state index in [1.165, 1.54) is 83.5 Å². The molecule has 40 heavy (non-hydrogen) atoms. The molecule has 0 aromatic heterocycles. The van der Waals surface area contributed by atoms with Crippen LogP contribution < -0.4 is 0 Å². The van der Waals surface area contributed by atoms with Crippen LogP contribution in [0.2, 0.25) is 0 Å². The molecule has 0 aromatic carbocycles. The molecule has 0 amide bonds. The van der Waals surface area contributed by atoms with Gasteiger partial charge in [-0.1, -0.05) is 129 Å². The number of carboxylic acid groups (broad SMARTS) is 2. The summed E-state index contributed by atoms with van der Waals surface area (Å²) in [4.78, 5) is 47.3. The Kier molecular flexibility index (Phi) is 23.6. The topological polar surface area (TPSA) is 138 Å². The van der Waals surface area contributed by atoms with Crippen LogP contribution in [0.1, 0.15) is 168 Å². The summed E-state index contributed by atoms with van der Waals surface area (Å²) < 4.78 is 5.29. The number of esters is 1. The van der Waals surface area contributed by atoms with E-state index in [1.807, 2.05) is 6.92 Å². The van der Waals surface area contributed by atoms with Gasteiger partial charge in [-0.3, -0.25) is 14.4 Å². The Morgan fingerprint density at radius 2 is 1.00 bits per heavy atom. The standard InChI is InChI=1S/C32H58O8/c1-3-5-7-8-9-10-11-12-13-14-15-16-17-18-19-20-22-24-28(27(33)23-21-6-4-2)40-30(36)26-32(39,31(37)38)25-29(34)35/h28,39H,3-26H2,1-2H3,(H,34,35)(H,37,38). The minimum Gasteiger partial charge on any atom is -0.481 e. The molecule has 8 nitrogen and oxygen atoms in total. The van der Waals surface area contributed by atoms with Gasteiger partial charge in [0.2, 0.25) is 0 Å². The average Bonchev–Trinajstić information content (AvgIpc) is 2.89. The highest BCUT2D eigenvalue weighted by Crippen LogP contribution is 2.20. The number of aliphatic hydroxyl groups is 1. The van der Waals surface area contributed by atoms with Gasteiger partial charge in [0.1, 0.15) is 0 Å². The SMILES string of the molecule is CCCCCCCCCCCCCCCCCCCC(OC(=O)CC(O)(CC(=O)O)C(=O)O)C(=O)CCCCC. The van der Waals surface area contributed by atoms with E-state index in [4.69, 9.17) is 9.84 Å². The zero-order valence-electron chi connectivity index (χ0n) is 25.4. The van der Waals surface area contributed by atoms with Crippen molar-refractivity contribution < 1.29 is 39.2 Å². The van der Waals surface area contributed by atoms with Crippen molar-refractivity contribution in [1.82, 2.24) is 0 Å². The molecule has 0 fully saturated rings. The lowest BCUT2D eigenvalue weighted by Crippen LogP contribution is -2.44. The van der Waals surface area contributed by atoms with Gasteiger partial charge < -0.3 is 20.1 Å². The zero-order valence-corrected chi connectivity index (χ0v) is 25.4. The first kappa shape index (κ1) is 38.0. The van der Waals surface area contributed by atoms with Crippen molar-refractivity contribution in [3.8, 4) is 0 Å². The quantitative estimate of drug-likeness (QED) is 0.0612. The molecule has 8 heteroatoms. The number of ketones is 1. The van der Waals surface area contributed by atoms with E-state index in [2.05, 4.69) is 6.92 Å². The van der Waals surface area contributed by atoms with Gasteiger partial charge in [-0.15, -0.1) is 0 Å². The van der Waals surface area contributed by atoms with Gasteiger partial charge >= 0.3 is 17.9 Å². The highest BCUT2D eigenvalue weighted by molar-refractivity contribution is 5.90.